The van der Waals surface area contributed by atoms with Crippen molar-refractivity contribution in [2.45, 2.75) is 158 Å². The Morgan fingerprint density at radius 1 is 0.468 bits per heavy atom. The van der Waals surface area contributed by atoms with Crippen LogP contribution in [0.25, 0.3) is 0 Å². The van der Waals surface area contributed by atoms with E-state index in [4.69, 9.17) is 60.7 Å². The summed E-state index contributed by atoms with van der Waals surface area (Å²) in [4.78, 5) is 72.4. The molecule has 3 amide bonds. The Hall–Kier alpha value is -9.89. The van der Waals surface area contributed by atoms with Gasteiger partial charge in [0, 0.05) is 107 Å². The van der Waals surface area contributed by atoms with Gasteiger partial charge in [0.1, 0.15) is 86.1 Å². The van der Waals surface area contributed by atoms with Gasteiger partial charge in [0.05, 0.1) is 65.7 Å². The first kappa shape index (κ1) is 121. The number of amides is 3. The second-order valence-corrected chi connectivity index (χ2v) is 36.2. The van der Waals surface area contributed by atoms with Gasteiger partial charge in [-0.15, -0.1) is 18.5 Å². The van der Waals surface area contributed by atoms with E-state index in [1.54, 1.807) is 73.9 Å². The number of benzene rings is 3. The number of aliphatic hydroxyl groups is 1. The summed E-state index contributed by atoms with van der Waals surface area (Å²) < 4.78 is 237. The maximum atomic E-state index is 13.9. The van der Waals surface area contributed by atoms with Crippen LogP contribution in [0, 0.1) is 69.5 Å². The molecule has 0 spiro atoms. The fourth-order valence-electron chi connectivity index (χ4n) is 14.7. The summed E-state index contributed by atoms with van der Waals surface area (Å²) >= 11 is 0. The van der Waals surface area contributed by atoms with Crippen LogP contribution in [0.5, 0.6) is 0 Å². The monoisotopic (exact) mass is 2070 g/mol. The summed E-state index contributed by atoms with van der Waals surface area (Å²) in [5.41, 5.74) is 4.54. The van der Waals surface area contributed by atoms with Crippen molar-refractivity contribution in [2.24, 2.45) is 0 Å². The minimum atomic E-state index is -4.77. The number of aliphatic hydroxyl groups excluding tert-OH is 1. The zero-order chi connectivity index (χ0) is 99.8. The molecule has 0 saturated carbocycles. The zero-order valence-electron chi connectivity index (χ0n) is 76.3. The average molecular weight is 2070 g/mol. The summed E-state index contributed by atoms with van der Waals surface area (Å²) in [5.74, 6) is 12.3. The fourth-order valence-corrected chi connectivity index (χ4v) is 15.0. The first-order valence-electron chi connectivity index (χ1n) is 42.2. The van der Waals surface area contributed by atoms with Crippen LogP contribution in [-0.4, -0.2) is 253 Å². The van der Waals surface area contributed by atoms with Crippen molar-refractivity contribution in [3.63, 3.8) is 0 Å². The molecule has 744 valence electrons. The number of ether oxygens (including phenoxy) is 3. The standard InChI is InChI=1S/C29H33F3N6O5S.C28H31F3N6O3.C28H31F3N6O2.CH3ClO2S.2Na.2O3S.H2O/c1-44(40,41)43-18-3-2-17-42-23-11-15-37(16-12-23)25-19-26(36-28(35-25)29(30,31)32)38-14-4-5-24(38)27(39)34-13-10-21-6-8-22(20-33)9-7-21;29-28(30,31)27-34-24(36-14-10-22(11-15-36)40-17-2-1-16-38)18-25(35-27)37-13-3-4-23(37)26(39)33-12-9-20-5-7-21(19-32)8-6-20;1-2-3-17-39-22-11-15-36(16-12-22)24-18-25(35-27(34-24)28(29,30)31)37-14-4-5-23(37)26(38)33-13-10-20-6-8-21(19-32)9-7-20;1-5(2,3)4;;;2*1-4(2)3;/h6-9,19,23-24H,4-5,10-18H2,1H3,(H,34,39);5-8,18,22-23,38H,3-4,9-17H2,(H,33,39);6-9,18,22-23H,4-5,10-17H2,1H3,(H,33,38);1H3;;;;;1H2/q;;;;2*+1;;-2;/t24-;2*23-;;;;;;/m000....../s1. The van der Waals surface area contributed by atoms with Gasteiger partial charge in [-0.3, -0.25) is 18.6 Å². The van der Waals surface area contributed by atoms with Gasteiger partial charge in [0.15, 0.2) is 0 Å². The van der Waals surface area contributed by atoms with Crippen molar-refractivity contribution in [1.29, 1.82) is 15.8 Å². The number of nitriles is 3. The number of piperidine rings is 3. The van der Waals surface area contributed by atoms with Crippen molar-refractivity contribution in [3.8, 4) is 53.7 Å². The van der Waals surface area contributed by atoms with E-state index in [1.165, 1.54) is 12.1 Å². The van der Waals surface area contributed by atoms with Crippen molar-refractivity contribution in [1.82, 2.24) is 45.9 Å². The predicted octanol–water partition coefficient (Wildman–Crippen LogP) is 0.829. The molecule has 37 nitrogen and oxygen atoms in total. The second-order valence-electron chi connectivity index (χ2n) is 30.7. The van der Waals surface area contributed by atoms with Crippen molar-refractivity contribution in [2.75, 3.05) is 153 Å². The third kappa shape index (κ3) is 44.0. The number of aromatic nitrogens is 6. The number of anilines is 6. The molecule has 3 aromatic carbocycles. The van der Waals surface area contributed by atoms with Crippen molar-refractivity contribution < 1.29 is 184 Å². The molecule has 6 fully saturated rings. The molecule has 6 aromatic rings. The number of carbonyl (C=O) groups excluding carboxylic acids is 3. The average Bonchev–Trinajstić information content (AvgIpc) is 1.77. The number of hydrogen-bond donors (Lipinski definition) is 4. The molecule has 6 N–H and O–H groups in total. The number of rotatable bonds is 26. The van der Waals surface area contributed by atoms with Gasteiger partial charge >= 0.3 is 88.3 Å². The topological polar surface area (TPSA) is 521 Å². The SMILES string of the molecule is CC#CCOC1CCN(c2cc(N3CCC[C@H]3C(=O)NCCc3ccc(C#N)cc3)nc(C(F)(F)F)n2)CC1.CS(=O)(=O)Cl.CS(=O)(=O)OCC#CCOC1CCN(c2cc(N3CCC[C@H]3C(=O)NCCc3ccc(C#N)cc3)nc(C(F)(F)F)n2)CC1.N#Cc1ccc(CCNC(=O)[C@@H]2CCCN2c2cc(N3CCC(OCC#CCO)CC3)nc(C(F)(F)F)n2)cc1.O.O=S(=O)=O.O=[S-](=O)[O-].[Na+].[Na+]. The molecule has 0 bridgehead atoms. The Labute approximate surface area is 850 Å². The van der Waals surface area contributed by atoms with Crippen LogP contribution in [0.15, 0.2) is 91.0 Å². The Morgan fingerprint density at radius 2 is 0.712 bits per heavy atom. The van der Waals surface area contributed by atoms with Crippen LogP contribution in [0.3, 0.4) is 0 Å². The molecular weight excluding hydrogens is 1970 g/mol. The molecule has 6 aliphatic rings. The van der Waals surface area contributed by atoms with Crippen LogP contribution in [0.4, 0.5) is 74.4 Å². The first-order chi connectivity index (χ1) is 64.4. The maximum Gasteiger partial charge on any atom is 1.00 e. The van der Waals surface area contributed by atoms with E-state index < -0.39 is 94.9 Å². The summed E-state index contributed by atoms with van der Waals surface area (Å²) in [5, 5.41) is 44.2. The Balaban J connectivity index is 0.000000404. The van der Waals surface area contributed by atoms with Crippen molar-refractivity contribution in [3.05, 3.63) is 142 Å². The zero-order valence-corrected chi connectivity index (χ0v) is 84.3. The van der Waals surface area contributed by atoms with E-state index in [1.807, 2.05) is 41.3 Å². The number of hydrogen-bond acceptors (Lipinski definition) is 34. The summed E-state index contributed by atoms with van der Waals surface area (Å²) in [6.07, 6.45) is -3.96. The van der Waals surface area contributed by atoms with E-state index in [0.29, 0.717) is 198 Å². The quantitative estimate of drug-likeness (QED) is 0.00854. The molecule has 12 rings (SSSR count). The summed E-state index contributed by atoms with van der Waals surface area (Å²) in [6, 6.07) is 30.1. The molecule has 9 heterocycles. The van der Waals surface area contributed by atoms with Gasteiger partial charge in [-0.2, -0.15) is 74.7 Å². The summed E-state index contributed by atoms with van der Waals surface area (Å²) in [6.45, 7) is 6.80. The van der Waals surface area contributed by atoms with Crippen LogP contribution < -0.4 is 104 Å². The van der Waals surface area contributed by atoms with E-state index in [9.17, 15) is 70.7 Å². The van der Waals surface area contributed by atoms with Crippen LogP contribution in [0.2, 0.25) is 0 Å². The molecule has 53 heteroatoms. The summed E-state index contributed by atoms with van der Waals surface area (Å²) in [7, 11) is -8.48. The van der Waals surface area contributed by atoms with Gasteiger partial charge in [0.25, 0.3) is 10.1 Å². The van der Waals surface area contributed by atoms with Crippen molar-refractivity contribution >= 4 is 104 Å². The number of nitrogens with zero attached hydrogens (tertiary/aromatic N) is 15. The van der Waals surface area contributed by atoms with E-state index in [2.05, 4.69) is 114 Å². The largest absolute Gasteiger partial charge is 1.00 e. The minimum absolute atomic E-state index is 0. The molecule has 3 aromatic heterocycles. The van der Waals surface area contributed by atoms with E-state index >= 15 is 0 Å². The molecule has 0 unspecified atom stereocenters. The predicted molar refractivity (Wildman–Crippen MR) is 480 cm³/mol. The molecular formula is C86H100ClF9N18Na2O19S4. The molecule has 139 heavy (non-hydrogen) atoms. The van der Waals surface area contributed by atoms with Gasteiger partial charge in [0.2, 0.25) is 44.2 Å². The second kappa shape index (κ2) is 60.4. The normalized spacial score (nSPS) is 16.5. The molecule has 6 saturated heterocycles. The number of halogens is 10. The first-order valence-corrected chi connectivity index (χ1v) is 48.8. The molecule has 0 radical (unpaired) electrons. The molecule has 0 aliphatic carbocycles. The number of nitrogens with one attached hydrogen (secondary N) is 3. The van der Waals surface area contributed by atoms with Crippen LogP contribution in [-0.2, 0) is 120 Å². The Kier molecular flexibility index (Phi) is 52.8. The van der Waals surface area contributed by atoms with E-state index in [0.717, 1.165) is 29.2 Å². The third-order valence-electron chi connectivity index (χ3n) is 21.1. The van der Waals surface area contributed by atoms with Gasteiger partial charge < -0.3 is 83.1 Å². The van der Waals surface area contributed by atoms with Crippen LogP contribution in [0.1, 0.15) is 135 Å². The Bertz CT molecular complexity index is 5750. The third-order valence-corrected chi connectivity index (χ3v) is 21.7. The smallest absolute Gasteiger partial charge is 0.917 e. The Morgan fingerprint density at radius 3 is 0.950 bits per heavy atom. The number of alkyl halides is 9. The van der Waals surface area contributed by atoms with Gasteiger partial charge in [-0.1, -0.05) is 66.0 Å². The van der Waals surface area contributed by atoms with E-state index in [-0.39, 0.29) is 162 Å². The van der Waals surface area contributed by atoms with Gasteiger partial charge in [-0.05, 0) is 156 Å². The van der Waals surface area contributed by atoms with Crippen LogP contribution >= 0.6 is 10.7 Å². The molecule has 3 atom stereocenters. The maximum absolute atomic E-state index is 13.9. The fraction of sp³-hybridized carbons (Fsp3) is 0.512. The number of carbonyl (C=O) groups is 3. The minimum Gasteiger partial charge on any atom is -0.917 e. The molecule has 6 aliphatic heterocycles. The van der Waals surface area contributed by atoms with Gasteiger partial charge in [-0.25, -0.2) is 38.3 Å².